The minimum absolute atomic E-state index is 0.515. The Bertz CT molecular complexity index is 120. The fourth-order valence-corrected chi connectivity index (χ4v) is 1.45. The van der Waals surface area contributed by atoms with E-state index < -0.39 is 0 Å². The molecule has 0 bridgehead atoms. The Morgan fingerprint density at radius 2 is 1.70 bits per heavy atom. The van der Waals surface area contributed by atoms with E-state index in [9.17, 15) is 0 Å². The highest BCUT2D eigenvalue weighted by Gasteiger charge is 2.26. The van der Waals surface area contributed by atoms with Crippen molar-refractivity contribution in [1.29, 1.82) is 0 Å². The standard InChI is InChI=1S/C8H18N2/c1-8(2)5-6-9(3)10(4)7-8/h5-7H2,1-4H3. The minimum atomic E-state index is 0.515. The van der Waals surface area contributed by atoms with E-state index in [2.05, 4.69) is 38.0 Å². The van der Waals surface area contributed by atoms with Crippen LogP contribution in [0, 0.1) is 5.41 Å². The molecule has 2 nitrogen and oxygen atoms in total. The Morgan fingerprint density at radius 1 is 1.10 bits per heavy atom. The number of rotatable bonds is 0. The van der Waals surface area contributed by atoms with Crippen LogP contribution in [-0.2, 0) is 0 Å². The molecule has 1 rings (SSSR count). The van der Waals surface area contributed by atoms with Gasteiger partial charge in [0.2, 0.25) is 0 Å². The minimum Gasteiger partial charge on any atom is -0.245 e. The van der Waals surface area contributed by atoms with Gasteiger partial charge in [-0.1, -0.05) is 13.8 Å². The summed E-state index contributed by atoms with van der Waals surface area (Å²) >= 11 is 0. The Morgan fingerprint density at radius 3 is 2.10 bits per heavy atom. The molecule has 0 amide bonds. The molecule has 0 radical (unpaired) electrons. The second kappa shape index (κ2) is 2.51. The maximum Gasteiger partial charge on any atom is 0.0181 e. The molecule has 0 aromatic heterocycles. The third-order valence-electron chi connectivity index (χ3n) is 2.35. The fraction of sp³-hybridized carbons (Fsp3) is 1.00. The maximum atomic E-state index is 2.33. The first-order chi connectivity index (χ1) is 4.51. The van der Waals surface area contributed by atoms with Gasteiger partial charge in [-0.05, 0) is 11.8 Å². The molecular weight excluding hydrogens is 124 g/mol. The smallest absolute Gasteiger partial charge is 0.0181 e. The molecule has 0 aliphatic carbocycles. The molecule has 1 aliphatic rings. The summed E-state index contributed by atoms with van der Waals surface area (Å²) in [5, 5.41) is 4.58. The van der Waals surface area contributed by atoms with Gasteiger partial charge >= 0.3 is 0 Å². The molecule has 2 heteroatoms. The summed E-state index contributed by atoms with van der Waals surface area (Å²) in [6.45, 7) is 7.04. The van der Waals surface area contributed by atoms with E-state index in [1.807, 2.05) is 0 Å². The molecule has 0 N–H and O–H groups in total. The van der Waals surface area contributed by atoms with Crippen LogP contribution in [-0.4, -0.2) is 37.2 Å². The zero-order chi connectivity index (χ0) is 7.78. The van der Waals surface area contributed by atoms with Crippen LogP contribution in [0.3, 0.4) is 0 Å². The Balaban J connectivity index is 2.49. The van der Waals surface area contributed by atoms with Gasteiger partial charge in [0.15, 0.2) is 0 Å². The summed E-state index contributed by atoms with van der Waals surface area (Å²) in [6.07, 6.45) is 1.31. The third-order valence-corrected chi connectivity index (χ3v) is 2.35. The van der Waals surface area contributed by atoms with E-state index >= 15 is 0 Å². The monoisotopic (exact) mass is 142 g/mol. The Labute approximate surface area is 63.8 Å². The van der Waals surface area contributed by atoms with E-state index in [4.69, 9.17) is 0 Å². The van der Waals surface area contributed by atoms with Gasteiger partial charge in [-0.3, -0.25) is 0 Å². The van der Waals surface area contributed by atoms with E-state index in [1.165, 1.54) is 19.5 Å². The lowest BCUT2D eigenvalue weighted by Gasteiger charge is -2.42. The highest BCUT2D eigenvalue weighted by atomic mass is 15.6. The van der Waals surface area contributed by atoms with Gasteiger partial charge in [-0.25, -0.2) is 10.0 Å². The number of hydrogen-bond acceptors (Lipinski definition) is 2. The molecule has 10 heavy (non-hydrogen) atoms. The molecule has 0 aromatic carbocycles. The lowest BCUT2D eigenvalue weighted by atomic mass is 9.88. The molecule has 0 atom stereocenters. The predicted molar refractivity (Wildman–Crippen MR) is 43.7 cm³/mol. The number of nitrogens with zero attached hydrogens (tertiary/aromatic N) is 2. The second-order valence-corrected chi connectivity index (χ2v) is 4.11. The highest BCUT2D eigenvalue weighted by Crippen LogP contribution is 2.25. The van der Waals surface area contributed by atoms with E-state index in [0.717, 1.165) is 0 Å². The van der Waals surface area contributed by atoms with Gasteiger partial charge in [0.25, 0.3) is 0 Å². The molecule has 0 spiro atoms. The molecule has 1 saturated heterocycles. The van der Waals surface area contributed by atoms with Crippen molar-refractivity contribution >= 4 is 0 Å². The van der Waals surface area contributed by atoms with E-state index in [0.29, 0.717) is 5.41 Å². The van der Waals surface area contributed by atoms with Crippen molar-refractivity contribution in [2.45, 2.75) is 20.3 Å². The van der Waals surface area contributed by atoms with Crippen molar-refractivity contribution in [3.63, 3.8) is 0 Å². The van der Waals surface area contributed by atoms with Gasteiger partial charge in [0.1, 0.15) is 0 Å². The quantitative estimate of drug-likeness (QED) is 0.501. The van der Waals surface area contributed by atoms with Gasteiger partial charge in [-0.2, -0.15) is 0 Å². The van der Waals surface area contributed by atoms with Crippen LogP contribution in [0.15, 0.2) is 0 Å². The van der Waals surface area contributed by atoms with E-state index in [-0.39, 0.29) is 0 Å². The first-order valence-corrected chi connectivity index (χ1v) is 3.93. The first kappa shape index (κ1) is 8.02. The SMILES string of the molecule is CN1CCC(C)(C)CN1C. The third kappa shape index (κ3) is 1.70. The molecule has 1 fully saturated rings. The summed E-state index contributed by atoms with van der Waals surface area (Å²) in [7, 11) is 4.30. The van der Waals surface area contributed by atoms with Gasteiger partial charge in [0.05, 0.1) is 0 Å². The maximum absolute atomic E-state index is 2.33. The van der Waals surface area contributed by atoms with Crippen molar-refractivity contribution in [2.24, 2.45) is 5.41 Å². The van der Waals surface area contributed by atoms with E-state index in [1.54, 1.807) is 0 Å². The molecule has 1 aliphatic heterocycles. The first-order valence-electron chi connectivity index (χ1n) is 3.93. The van der Waals surface area contributed by atoms with Crippen molar-refractivity contribution in [3.05, 3.63) is 0 Å². The average molecular weight is 142 g/mol. The molecule has 1 heterocycles. The number of hydrogen-bond donors (Lipinski definition) is 0. The van der Waals surface area contributed by atoms with Crippen LogP contribution >= 0.6 is 0 Å². The van der Waals surface area contributed by atoms with Crippen molar-refractivity contribution < 1.29 is 0 Å². The fourth-order valence-electron chi connectivity index (χ4n) is 1.45. The lowest BCUT2D eigenvalue weighted by Crippen LogP contribution is -2.48. The number of hydrazine groups is 1. The van der Waals surface area contributed by atoms with Crippen LogP contribution in [0.1, 0.15) is 20.3 Å². The normalized spacial score (nSPS) is 28.8. The Hall–Kier alpha value is -0.0800. The van der Waals surface area contributed by atoms with Crippen molar-refractivity contribution in [3.8, 4) is 0 Å². The second-order valence-electron chi connectivity index (χ2n) is 4.11. The van der Waals surface area contributed by atoms with Crippen LogP contribution < -0.4 is 0 Å². The van der Waals surface area contributed by atoms with Crippen LogP contribution in [0.4, 0.5) is 0 Å². The zero-order valence-electron chi connectivity index (χ0n) is 7.52. The largest absolute Gasteiger partial charge is 0.245 e. The van der Waals surface area contributed by atoms with Crippen molar-refractivity contribution in [1.82, 2.24) is 10.0 Å². The molecule has 0 aromatic rings. The molecule has 0 unspecified atom stereocenters. The summed E-state index contributed by atoms with van der Waals surface area (Å²) in [5.74, 6) is 0. The van der Waals surface area contributed by atoms with Gasteiger partial charge < -0.3 is 0 Å². The Kier molecular flexibility index (Phi) is 2.02. The topological polar surface area (TPSA) is 6.48 Å². The molecular formula is C8H18N2. The van der Waals surface area contributed by atoms with Gasteiger partial charge in [0, 0.05) is 27.2 Å². The predicted octanol–water partition coefficient (Wildman–Crippen LogP) is 1.19. The average Bonchev–Trinajstić information content (AvgIpc) is 1.79. The summed E-state index contributed by atoms with van der Waals surface area (Å²) in [5.41, 5.74) is 0.515. The zero-order valence-corrected chi connectivity index (χ0v) is 7.52. The lowest BCUT2D eigenvalue weighted by molar-refractivity contribution is -0.0520. The summed E-state index contributed by atoms with van der Waals surface area (Å²) in [6, 6.07) is 0. The summed E-state index contributed by atoms with van der Waals surface area (Å²) < 4.78 is 0. The summed E-state index contributed by atoms with van der Waals surface area (Å²) in [4.78, 5) is 0. The van der Waals surface area contributed by atoms with Crippen LogP contribution in [0.2, 0.25) is 0 Å². The highest BCUT2D eigenvalue weighted by molar-refractivity contribution is 4.76. The van der Waals surface area contributed by atoms with Crippen molar-refractivity contribution in [2.75, 3.05) is 27.2 Å². The van der Waals surface area contributed by atoms with Gasteiger partial charge in [-0.15, -0.1) is 0 Å². The van der Waals surface area contributed by atoms with Crippen LogP contribution in [0.5, 0.6) is 0 Å². The van der Waals surface area contributed by atoms with Crippen LogP contribution in [0.25, 0.3) is 0 Å². The molecule has 0 saturated carbocycles. The molecule has 60 valence electrons.